The summed E-state index contributed by atoms with van der Waals surface area (Å²) >= 11 is 6.31. The molecule has 5 heteroatoms. The number of halogens is 1. The van der Waals surface area contributed by atoms with Gasteiger partial charge in [-0.3, -0.25) is 9.58 Å². The van der Waals surface area contributed by atoms with Crippen LogP contribution in [0.5, 0.6) is 0 Å². The molecule has 0 saturated carbocycles. The Morgan fingerprint density at radius 1 is 1.50 bits per heavy atom. The van der Waals surface area contributed by atoms with E-state index >= 15 is 0 Å². The fourth-order valence-corrected chi connectivity index (χ4v) is 2.86. The van der Waals surface area contributed by atoms with Gasteiger partial charge in [0.15, 0.2) is 0 Å². The maximum absolute atomic E-state index is 6.31. The SMILES string of the molecule is CCCC1CN(Cc2c(Cl)c(C)nn2C)CCN1. The second-order valence-corrected chi connectivity index (χ2v) is 5.52. The topological polar surface area (TPSA) is 33.1 Å². The fraction of sp³-hybridized carbons (Fsp3) is 0.769. The highest BCUT2D eigenvalue weighted by Gasteiger charge is 2.21. The molecule has 0 bridgehead atoms. The van der Waals surface area contributed by atoms with E-state index < -0.39 is 0 Å². The number of hydrogen-bond acceptors (Lipinski definition) is 3. The fourth-order valence-electron chi connectivity index (χ4n) is 2.64. The summed E-state index contributed by atoms with van der Waals surface area (Å²) in [5.41, 5.74) is 2.06. The van der Waals surface area contributed by atoms with Crippen molar-refractivity contribution in [3.05, 3.63) is 16.4 Å². The summed E-state index contributed by atoms with van der Waals surface area (Å²) in [5, 5.41) is 8.77. The molecular formula is C13H23ClN4. The third-order valence-electron chi connectivity index (χ3n) is 3.61. The number of hydrogen-bond donors (Lipinski definition) is 1. The highest BCUT2D eigenvalue weighted by Crippen LogP contribution is 2.21. The molecule has 1 saturated heterocycles. The summed E-state index contributed by atoms with van der Waals surface area (Å²) < 4.78 is 1.91. The van der Waals surface area contributed by atoms with Gasteiger partial charge in [0.25, 0.3) is 0 Å². The van der Waals surface area contributed by atoms with Crippen molar-refractivity contribution < 1.29 is 0 Å². The maximum Gasteiger partial charge on any atom is 0.0860 e. The van der Waals surface area contributed by atoms with Crippen molar-refractivity contribution in [1.29, 1.82) is 0 Å². The van der Waals surface area contributed by atoms with E-state index in [0.29, 0.717) is 6.04 Å². The highest BCUT2D eigenvalue weighted by atomic mass is 35.5. The minimum Gasteiger partial charge on any atom is -0.311 e. The molecule has 0 aromatic carbocycles. The Morgan fingerprint density at radius 3 is 2.89 bits per heavy atom. The molecule has 0 spiro atoms. The molecule has 1 unspecified atom stereocenters. The molecule has 1 aliphatic heterocycles. The van der Waals surface area contributed by atoms with Crippen LogP contribution in [0.3, 0.4) is 0 Å². The molecule has 1 N–H and O–H groups in total. The van der Waals surface area contributed by atoms with Gasteiger partial charge < -0.3 is 5.32 Å². The normalized spacial score (nSPS) is 21.4. The minimum atomic E-state index is 0.622. The van der Waals surface area contributed by atoms with Crippen LogP contribution in [0.2, 0.25) is 5.02 Å². The zero-order valence-corrected chi connectivity index (χ0v) is 12.3. The molecule has 1 aromatic heterocycles. The summed E-state index contributed by atoms with van der Waals surface area (Å²) in [6.07, 6.45) is 2.48. The van der Waals surface area contributed by atoms with Crippen LogP contribution >= 0.6 is 11.6 Å². The smallest absolute Gasteiger partial charge is 0.0860 e. The molecular weight excluding hydrogens is 248 g/mol. The molecule has 2 rings (SSSR count). The Morgan fingerprint density at radius 2 is 2.28 bits per heavy atom. The summed E-state index contributed by atoms with van der Waals surface area (Å²) in [6.45, 7) is 8.36. The van der Waals surface area contributed by atoms with Crippen LogP contribution in [0.4, 0.5) is 0 Å². The van der Waals surface area contributed by atoms with Gasteiger partial charge in [0.05, 0.1) is 16.4 Å². The van der Waals surface area contributed by atoms with E-state index in [-0.39, 0.29) is 0 Å². The number of nitrogens with one attached hydrogen (secondary N) is 1. The number of aromatic nitrogens is 2. The highest BCUT2D eigenvalue weighted by molar-refractivity contribution is 6.31. The Hall–Kier alpha value is -0.580. The lowest BCUT2D eigenvalue weighted by Gasteiger charge is -2.33. The van der Waals surface area contributed by atoms with Crippen molar-refractivity contribution in [3.63, 3.8) is 0 Å². The molecule has 1 aliphatic rings. The van der Waals surface area contributed by atoms with Crippen molar-refractivity contribution in [2.75, 3.05) is 19.6 Å². The van der Waals surface area contributed by atoms with Crippen molar-refractivity contribution in [3.8, 4) is 0 Å². The average molecular weight is 271 g/mol. The Labute approximate surface area is 114 Å². The molecule has 2 heterocycles. The first-order valence-corrected chi connectivity index (χ1v) is 7.13. The first-order chi connectivity index (χ1) is 8.61. The lowest BCUT2D eigenvalue weighted by Crippen LogP contribution is -2.50. The summed E-state index contributed by atoms with van der Waals surface area (Å²) in [7, 11) is 1.97. The third kappa shape index (κ3) is 3.05. The van der Waals surface area contributed by atoms with E-state index in [2.05, 4.69) is 22.2 Å². The number of nitrogens with zero attached hydrogens (tertiary/aromatic N) is 3. The lowest BCUT2D eigenvalue weighted by molar-refractivity contribution is 0.183. The van der Waals surface area contributed by atoms with Crippen molar-refractivity contribution in [1.82, 2.24) is 20.0 Å². The predicted molar refractivity (Wildman–Crippen MR) is 74.9 cm³/mol. The monoisotopic (exact) mass is 270 g/mol. The molecule has 1 atom stereocenters. The summed E-state index contributed by atoms with van der Waals surface area (Å²) in [6, 6.07) is 0.622. The molecule has 4 nitrogen and oxygen atoms in total. The third-order valence-corrected chi connectivity index (χ3v) is 4.10. The van der Waals surface area contributed by atoms with Crippen LogP contribution in [0.25, 0.3) is 0 Å². The summed E-state index contributed by atoms with van der Waals surface area (Å²) in [5.74, 6) is 0. The molecule has 0 aliphatic carbocycles. The van der Waals surface area contributed by atoms with Crippen molar-refractivity contribution in [2.45, 2.75) is 39.3 Å². The molecule has 102 valence electrons. The molecule has 1 fully saturated rings. The lowest BCUT2D eigenvalue weighted by atomic mass is 10.1. The van der Waals surface area contributed by atoms with Crippen LogP contribution in [0, 0.1) is 6.92 Å². The molecule has 0 radical (unpaired) electrons. The number of piperazine rings is 1. The largest absolute Gasteiger partial charge is 0.311 e. The number of aryl methyl sites for hydroxylation is 2. The van der Waals surface area contributed by atoms with E-state index in [9.17, 15) is 0 Å². The van der Waals surface area contributed by atoms with Gasteiger partial charge in [0.1, 0.15) is 0 Å². The summed E-state index contributed by atoms with van der Waals surface area (Å²) in [4.78, 5) is 2.47. The quantitative estimate of drug-likeness (QED) is 0.908. The number of rotatable bonds is 4. The zero-order chi connectivity index (χ0) is 13.1. The Kier molecular flexibility index (Phi) is 4.65. The second-order valence-electron chi connectivity index (χ2n) is 5.14. The van der Waals surface area contributed by atoms with Gasteiger partial charge in [-0.05, 0) is 13.3 Å². The van der Waals surface area contributed by atoms with E-state index in [1.165, 1.54) is 12.8 Å². The van der Waals surface area contributed by atoms with Crippen LogP contribution in [-0.2, 0) is 13.6 Å². The molecule has 1 aromatic rings. The van der Waals surface area contributed by atoms with Gasteiger partial charge in [0, 0.05) is 39.3 Å². The Bertz CT molecular complexity index is 400. The van der Waals surface area contributed by atoms with Crippen LogP contribution < -0.4 is 5.32 Å². The Balaban J connectivity index is 2.00. The standard InChI is InChI=1S/C13H23ClN4/c1-4-5-11-8-18(7-6-15-11)9-12-13(14)10(2)16-17(12)3/h11,15H,4-9H2,1-3H3. The molecule has 0 amide bonds. The average Bonchev–Trinajstić information content (AvgIpc) is 2.57. The van der Waals surface area contributed by atoms with Gasteiger partial charge in [-0.25, -0.2) is 0 Å². The van der Waals surface area contributed by atoms with Gasteiger partial charge >= 0.3 is 0 Å². The van der Waals surface area contributed by atoms with Gasteiger partial charge in [-0.1, -0.05) is 24.9 Å². The van der Waals surface area contributed by atoms with E-state index in [1.54, 1.807) is 0 Å². The minimum absolute atomic E-state index is 0.622. The first-order valence-electron chi connectivity index (χ1n) is 6.75. The zero-order valence-electron chi connectivity index (χ0n) is 11.5. The van der Waals surface area contributed by atoms with Crippen molar-refractivity contribution >= 4 is 11.6 Å². The van der Waals surface area contributed by atoms with Crippen LogP contribution in [0.1, 0.15) is 31.2 Å². The first kappa shape index (κ1) is 13.8. The maximum atomic E-state index is 6.31. The second kappa shape index (κ2) is 6.04. The van der Waals surface area contributed by atoms with E-state index in [0.717, 1.165) is 42.6 Å². The predicted octanol–water partition coefficient (Wildman–Crippen LogP) is 1.96. The molecule has 18 heavy (non-hydrogen) atoms. The van der Waals surface area contributed by atoms with Gasteiger partial charge in [-0.2, -0.15) is 5.10 Å². The van der Waals surface area contributed by atoms with Gasteiger partial charge in [-0.15, -0.1) is 0 Å². The van der Waals surface area contributed by atoms with E-state index in [1.807, 2.05) is 18.7 Å². The van der Waals surface area contributed by atoms with Gasteiger partial charge in [0.2, 0.25) is 0 Å². The van der Waals surface area contributed by atoms with E-state index in [4.69, 9.17) is 11.6 Å². The van der Waals surface area contributed by atoms with Crippen LogP contribution in [0.15, 0.2) is 0 Å². The van der Waals surface area contributed by atoms with Crippen molar-refractivity contribution in [2.24, 2.45) is 7.05 Å². The van der Waals surface area contributed by atoms with Crippen LogP contribution in [-0.4, -0.2) is 40.4 Å².